The van der Waals surface area contributed by atoms with Crippen LogP contribution in [0.3, 0.4) is 0 Å². The fourth-order valence-electron chi connectivity index (χ4n) is 4.36. The number of hydrogen-bond donors (Lipinski definition) is 1. The predicted octanol–water partition coefficient (Wildman–Crippen LogP) is 3.20. The summed E-state index contributed by atoms with van der Waals surface area (Å²) in [5, 5.41) is 10.6. The SMILES string of the molecule is O=C(O)COc1ccccc1[C@H]1[C@H]2C(=O)N(c3ccccc3)C(=O)[C@@H]2ON1c1ccccc1. The summed E-state index contributed by atoms with van der Waals surface area (Å²) in [5.41, 5.74) is 1.70. The molecular formula is C25H20N2O6. The summed E-state index contributed by atoms with van der Waals surface area (Å²) in [6.07, 6.45) is -1.02. The molecule has 0 spiro atoms. The predicted molar refractivity (Wildman–Crippen MR) is 119 cm³/mol. The lowest BCUT2D eigenvalue weighted by atomic mass is 9.90. The summed E-state index contributed by atoms with van der Waals surface area (Å²) in [6, 6.07) is 24.1. The van der Waals surface area contributed by atoms with Crippen molar-refractivity contribution in [1.29, 1.82) is 0 Å². The average Bonchev–Trinajstić information content (AvgIpc) is 3.35. The minimum atomic E-state index is -1.12. The Bertz CT molecular complexity index is 1200. The monoisotopic (exact) mass is 444 g/mol. The van der Waals surface area contributed by atoms with Crippen LogP contribution in [0, 0.1) is 5.92 Å². The topological polar surface area (TPSA) is 96.4 Å². The van der Waals surface area contributed by atoms with Crippen molar-refractivity contribution in [2.24, 2.45) is 5.92 Å². The number of fused-ring (bicyclic) bond motifs is 1. The molecule has 2 amide bonds. The molecule has 2 aliphatic heterocycles. The van der Waals surface area contributed by atoms with E-state index in [1.165, 1.54) is 0 Å². The molecule has 0 saturated carbocycles. The number of rotatable bonds is 6. The molecule has 1 N–H and O–H groups in total. The van der Waals surface area contributed by atoms with Gasteiger partial charge in [0.2, 0.25) is 5.91 Å². The van der Waals surface area contributed by atoms with Crippen molar-refractivity contribution in [3.8, 4) is 5.75 Å². The van der Waals surface area contributed by atoms with Crippen LogP contribution in [0.4, 0.5) is 11.4 Å². The molecule has 3 aromatic carbocycles. The first-order chi connectivity index (χ1) is 16.1. The van der Waals surface area contributed by atoms with E-state index in [1.54, 1.807) is 53.6 Å². The fraction of sp³-hybridized carbons (Fsp3) is 0.160. The van der Waals surface area contributed by atoms with Gasteiger partial charge in [-0.1, -0.05) is 54.6 Å². The highest BCUT2D eigenvalue weighted by atomic mass is 16.7. The second kappa shape index (κ2) is 8.40. The summed E-state index contributed by atoms with van der Waals surface area (Å²) in [6.45, 7) is -0.535. The molecular weight excluding hydrogens is 424 g/mol. The number of ether oxygens (including phenoxy) is 1. The van der Waals surface area contributed by atoms with E-state index in [-0.39, 0.29) is 5.91 Å². The standard InChI is InChI=1S/C25H20N2O6/c28-20(29)15-32-19-14-8-7-13-18(19)22-21-23(33-27(22)17-11-5-2-6-12-17)25(31)26(24(21)30)16-9-3-1-4-10-16/h1-14,21-23H,15H2,(H,28,29)/t21-,22+,23-/m1/s1. The maximum Gasteiger partial charge on any atom is 0.341 e. The number of hydroxylamine groups is 1. The van der Waals surface area contributed by atoms with Gasteiger partial charge < -0.3 is 9.84 Å². The van der Waals surface area contributed by atoms with Gasteiger partial charge in [0.25, 0.3) is 5.91 Å². The molecule has 2 heterocycles. The smallest absolute Gasteiger partial charge is 0.341 e. The Kier molecular flexibility index (Phi) is 5.27. The molecule has 3 aromatic rings. The summed E-state index contributed by atoms with van der Waals surface area (Å²) < 4.78 is 5.53. The maximum atomic E-state index is 13.6. The molecule has 0 bridgehead atoms. The second-order valence-corrected chi connectivity index (χ2v) is 7.73. The van der Waals surface area contributed by atoms with Crippen molar-refractivity contribution in [2.45, 2.75) is 12.1 Å². The Morgan fingerprint density at radius 3 is 2.12 bits per heavy atom. The van der Waals surface area contributed by atoms with Crippen molar-refractivity contribution in [1.82, 2.24) is 0 Å². The highest BCUT2D eigenvalue weighted by Crippen LogP contribution is 2.49. The first kappa shape index (κ1) is 20.7. The first-order valence-corrected chi connectivity index (χ1v) is 10.4. The Morgan fingerprint density at radius 1 is 0.848 bits per heavy atom. The highest BCUT2D eigenvalue weighted by Gasteiger charge is 2.60. The second-order valence-electron chi connectivity index (χ2n) is 7.73. The number of para-hydroxylation sites is 3. The van der Waals surface area contributed by atoms with E-state index in [9.17, 15) is 14.4 Å². The molecule has 0 unspecified atom stereocenters. The van der Waals surface area contributed by atoms with Crippen molar-refractivity contribution in [3.05, 3.63) is 90.5 Å². The van der Waals surface area contributed by atoms with E-state index in [1.807, 2.05) is 36.4 Å². The van der Waals surface area contributed by atoms with Gasteiger partial charge in [-0.15, -0.1) is 0 Å². The third kappa shape index (κ3) is 3.60. The van der Waals surface area contributed by atoms with Gasteiger partial charge in [-0.05, 0) is 30.3 Å². The number of carbonyl (C=O) groups excluding carboxylic acids is 2. The van der Waals surface area contributed by atoms with Crippen LogP contribution in [-0.4, -0.2) is 35.6 Å². The van der Waals surface area contributed by atoms with E-state index < -0.39 is 36.5 Å². The molecule has 0 radical (unpaired) electrons. The van der Waals surface area contributed by atoms with Crippen LogP contribution in [-0.2, 0) is 19.2 Å². The summed E-state index contributed by atoms with van der Waals surface area (Å²) in [4.78, 5) is 45.3. The quantitative estimate of drug-likeness (QED) is 0.583. The van der Waals surface area contributed by atoms with Crippen LogP contribution in [0.25, 0.3) is 0 Å². The average molecular weight is 444 g/mol. The number of carboxylic acid groups (broad SMARTS) is 1. The number of benzene rings is 3. The third-order valence-electron chi connectivity index (χ3n) is 5.73. The van der Waals surface area contributed by atoms with E-state index in [4.69, 9.17) is 14.7 Å². The van der Waals surface area contributed by atoms with E-state index in [0.29, 0.717) is 22.7 Å². The molecule has 2 fully saturated rings. The van der Waals surface area contributed by atoms with Gasteiger partial charge in [-0.2, -0.15) is 0 Å². The minimum absolute atomic E-state index is 0.313. The molecule has 2 aliphatic rings. The minimum Gasteiger partial charge on any atom is -0.482 e. The lowest BCUT2D eigenvalue weighted by Gasteiger charge is -2.29. The lowest BCUT2D eigenvalue weighted by molar-refractivity contribution is -0.139. The van der Waals surface area contributed by atoms with Gasteiger partial charge in [0.1, 0.15) is 11.7 Å². The summed E-state index contributed by atoms with van der Waals surface area (Å²) in [7, 11) is 0. The number of hydrogen-bond acceptors (Lipinski definition) is 6. The molecule has 5 rings (SSSR count). The molecule has 0 aromatic heterocycles. The van der Waals surface area contributed by atoms with Gasteiger partial charge >= 0.3 is 5.97 Å². The molecule has 0 aliphatic carbocycles. The highest BCUT2D eigenvalue weighted by molar-refractivity contribution is 6.23. The normalized spacial score (nSPS) is 21.9. The van der Waals surface area contributed by atoms with Crippen LogP contribution in [0.1, 0.15) is 11.6 Å². The Morgan fingerprint density at radius 2 is 1.45 bits per heavy atom. The number of aliphatic carboxylic acids is 1. The van der Waals surface area contributed by atoms with E-state index in [0.717, 1.165) is 4.90 Å². The van der Waals surface area contributed by atoms with Crippen LogP contribution in [0.15, 0.2) is 84.9 Å². The summed E-state index contributed by atoms with van der Waals surface area (Å²) in [5.74, 6) is -2.47. The molecule has 3 atom stereocenters. The number of nitrogens with zero attached hydrogens (tertiary/aromatic N) is 2. The number of anilines is 2. The Hall–Kier alpha value is -4.17. The third-order valence-corrected chi connectivity index (χ3v) is 5.73. The zero-order valence-corrected chi connectivity index (χ0v) is 17.4. The number of carboxylic acids is 1. The largest absolute Gasteiger partial charge is 0.482 e. The van der Waals surface area contributed by atoms with Crippen molar-refractivity contribution < 1.29 is 29.1 Å². The number of amides is 2. The molecule has 166 valence electrons. The van der Waals surface area contributed by atoms with Gasteiger partial charge in [-0.3, -0.25) is 14.4 Å². The summed E-state index contributed by atoms with van der Waals surface area (Å²) >= 11 is 0. The zero-order valence-electron chi connectivity index (χ0n) is 17.4. The van der Waals surface area contributed by atoms with Crippen molar-refractivity contribution in [2.75, 3.05) is 16.6 Å². The fourth-order valence-corrected chi connectivity index (χ4v) is 4.36. The van der Waals surface area contributed by atoms with Crippen LogP contribution in [0.2, 0.25) is 0 Å². The zero-order chi connectivity index (χ0) is 22.9. The number of imide groups is 1. The number of carbonyl (C=O) groups is 3. The van der Waals surface area contributed by atoms with Gasteiger partial charge in [0.05, 0.1) is 17.4 Å². The molecule has 33 heavy (non-hydrogen) atoms. The molecule has 8 nitrogen and oxygen atoms in total. The van der Waals surface area contributed by atoms with Crippen molar-refractivity contribution >= 4 is 29.2 Å². The lowest BCUT2D eigenvalue weighted by Crippen LogP contribution is -2.37. The van der Waals surface area contributed by atoms with Gasteiger partial charge in [0, 0.05) is 5.56 Å². The molecule has 2 saturated heterocycles. The van der Waals surface area contributed by atoms with Gasteiger partial charge in [0.15, 0.2) is 12.7 Å². The van der Waals surface area contributed by atoms with E-state index >= 15 is 0 Å². The van der Waals surface area contributed by atoms with Crippen LogP contribution < -0.4 is 14.7 Å². The van der Waals surface area contributed by atoms with Crippen LogP contribution >= 0.6 is 0 Å². The van der Waals surface area contributed by atoms with Gasteiger partial charge in [-0.25, -0.2) is 14.8 Å². The molecule has 8 heteroatoms. The first-order valence-electron chi connectivity index (χ1n) is 10.4. The van der Waals surface area contributed by atoms with Crippen molar-refractivity contribution in [3.63, 3.8) is 0 Å². The Labute approximate surface area is 189 Å². The maximum absolute atomic E-state index is 13.6. The van der Waals surface area contributed by atoms with E-state index in [2.05, 4.69) is 0 Å². The Balaban J connectivity index is 1.60. The van der Waals surface area contributed by atoms with Crippen LogP contribution in [0.5, 0.6) is 5.75 Å².